The molecule has 4 heteroatoms. The number of benzene rings is 1. The van der Waals surface area contributed by atoms with E-state index in [4.69, 9.17) is 4.99 Å². The molecule has 4 nitrogen and oxygen atoms in total. The fraction of sp³-hybridized carbons (Fsp3) is 0.588. The summed E-state index contributed by atoms with van der Waals surface area (Å²) in [5, 5.41) is 3.40. The van der Waals surface area contributed by atoms with Gasteiger partial charge in [0.2, 0.25) is 0 Å². The topological polar surface area (TPSA) is 30.9 Å². The van der Waals surface area contributed by atoms with Crippen molar-refractivity contribution in [2.75, 3.05) is 33.7 Å². The summed E-state index contributed by atoms with van der Waals surface area (Å²) in [5.74, 6) is 1.00. The Morgan fingerprint density at radius 2 is 2.14 bits per heavy atom. The Labute approximate surface area is 128 Å². The highest BCUT2D eigenvalue weighted by Crippen LogP contribution is 2.14. The molecule has 1 fully saturated rings. The highest BCUT2D eigenvalue weighted by atomic mass is 15.3. The molecule has 1 aromatic rings. The van der Waals surface area contributed by atoms with Crippen molar-refractivity contribution < 1.29 is 0 Å². The van der Waals surface area contributed by atoms with Crippen LogP contribution >= 0.6 is 0 Å². The van der Waals surface area contributed by atoms with Crippen LogP contribution in [-0.4, -0.2) is 55.5 Å². The second-order valence-corrected chi connectivity index (χ2v) is 5.81. The molecule has 1 aromatic carbocycles. The predicted molar refractivity (Wildman–Crippen MR) is 89.5 cm³/mol. The molecule has 1 N–H and O–H groups in total. The lowest BCUT2D eigenvalue weighted by atomic mass is 10.2. The van der Waals surface area contributed by atoms with E-state index >= 15 is 0 Å². The summed E-state index contributed by atoms with van der Waals surface area (Å²) < 4.78 is 0. The number of nitrogens with one attached hydrogen (secondary N) is 1. The molecule has 0 aromatic heterocycles. The zero-order valence-corrected chi connectivity index (χ0v) is 13.5. The Hall–Kier alpha value is -1.55. The van der Waals surface area contributed by atoms with Crippen molar-refractivity contribution in [3.8, 4) is 0 Å². The lowest BCUT2D eigenvalue weighted by molar-refractivity contribution is 0.316. The maximum Gasteiger partial charge on any atom is 0.194 e. The van der Waals surface area contributed by atoms with E-state index in [2.05, 4.69) is 66.5 Å². The van der Waals surface area contributed by atoms with Crippen LogP contribution in [0, 0.1) is 0 Å². The van der Waals surface area contributed by atoms with Gasteiger partial charge in [0.05, 0.1) is 6.54 Å². The molecule has 116 valence electrons. The average Bonchev–Trinajstić information content (AvgIpc) is 2.90. The minimum atomic E-state index is 0.601. The standard InChI is InChI=1S/C17H28N4/c1-4-18-17(19-13-16-11-8-12-20(16)2)21(3)14-15-9-6-5-7-10-15/h5-7,9-10,16H,4,8,11-14H2,1-3H3,(H,18,19). The molecule has 0 radical (unpaired) electrons. The van der Waals surface area contributed by atoms with E-state index in [1.54, 1.807) is 0 Å². The molecule has 0 spiro atoms. The van der Waals surface area contributed by atoms with Gasteiger partial charge in [-0.05, 0) is 38.9 Å². The zero-order chi connectivity index (χ0) is 15.1. The van der Waals surface area contributed by atoms with Crippen LogP contribution in [0.3, 0.4) is 0 Å². The molecule has 0 amide bonds. The molecule has 1 aliphatic rings. The van der Waals surface area contributed by atoms with Crippen molar-refractivity contribution in [3.05, 3.63) is 35.9 Å². The van der Waals surface area contributed by atoms with Crippen LogP contribution in [0.25, 0.3) is 0 Å². The van der Waals surface area contributed by atoms with Gasteiger partial charge in [-0.1, -0.05) is 30.3 Å². The van der Waals surface area contributed by atoms with Crippen LogP contribution < -0.4 is 5.32 Å². The fourth-order valence-corrected chi connectivity index (χ4v) is 2.80. The summed E-state index contributed by atoms with van der Waals surface area (Å²) in [4.78, 5) is 9.45. The van der Waals surface area contributed by atoms with Crippen molar-refractivity contribution in [1.29, 1.82) is 0 Å². The fourth-order valence-electron chi connectivity index (χ4n) is 2.80. The molecular formula is C17H28N4. The van der Waals surface area contributed by atoms with Gasteiger partial charge in [0.15, 0.2) is 5.96 Å². The zero-order valence-electron chi connectivity index (χ0n) is 13.5. The molecule has 1 unspecified atom stereocenters. The minimum Gasteiger partial charge on any atom is -0.357 e. The Kier molecular flexibility index (Phi) is 6.05. The Morgan fingerprint density at radius 1 is 1.38 bits per heavy atom. The predicted octanol–water partition coefficient (Wildman–Crippen LogP) is 2.18. The third-order valence-electron chi connectivity index (χ3n) is 4.08. The first-order valence-corrected chi connectivity index (χ1v) is 7.94. The Balaban J connectivity index is 1.96. The molecule has 2 rings (SSSR count). The first-order valence-electron chi connectivity index (χ1n) is 7.94. The molecule has 21 heavy (non-hydrogen) atoms. The van der Waals surface area contributed by atoms with Crippen molar-refractivity contribution in [1.82, 2.24) is 15.1 Å². The van der Waals surface area contributed by atoms with Crippen LogP contribution in [0.2, 0.25) is 0 Å². The first kappa shape index (κ1) is 15.8. The van der Waals surface area contributed by atoms with Gasteiger partial charge in [-0.15, -0.1) is 0 Å². The summed E-state index contributed by atoms with van der Waals surface area (Å²) in [6, 6.07) is 11.1. The van der Waals surface area contributed by atoms with Gasteiger partial charge in [-0.3, -0.25) is 4.99 Å². The van der Waals surface area contributed by atoms with Crippen molar-refractivity contribution >= 4 is 5.96 Å². The number of rotatable bonds is 5. The van der Waals surface area contributed by atoms with Crippen molar-refractivity contribution in [3.63, 3.8) is 0 Å². The van der Waals surface area contributed by atoms with E-state index in [0.29, 0.717) is 6.04 Å². The smallest absolute Gasteiger partial charge is 0.194 e. The maximum absolute atomic E-state index is 4.83. The average molecular weight is 288 g/mol. The summed E-state index contributed by atoms with van der Waals surface area (Å²) >= 11 is 0. The van der Waals surface area contributed by atoms with Gasteiger partial charge >= 0.3 is 0 Å². The minimum absolute atomic E-state index is 0.601. The monoisotopic (exact) mass is 288 g/mol. The second-order valence-electron chi connectivity index (χ2n) is 5.81. The van der Waals surface area contributed by atoms with Gasteiger partial charge in [0.1, 0.15) is 0 Å². The summed E-state index contributed by atoms with van der Waals surface area (Å²) in [5.41, 5.74) is 1.31. The van der Waals surface area contributed by atoms with Crippen molar-refractivity contribution in [2.24, 2.45) is 4.99 Å². The molecular weight excluding hydrogens is 260 g/mol. The molecule has 0 bridgehead atoms. The largest absolute Gasteiger partial charge is 0.357 e. The summed E-state index contributed by atoms with van der Waals surface area (Å²) in [6.45, 7) is 5.99. The number of hydrogen-bond acceptors (Lipinski definition) is 2. The van der Waals surface area contributed by atoms with Crippen LogP contribution in [0.5, 0.6) is 0 Å². The lowest BCUT2D eigenvalue weighted by Crippen LogP contribution is -2.39. The second kappa shape index (κ2) is 8.03. The molecule has 1 atom stereocenters. The van der Waals surface area contributed by atoms with Crippen LogP contribution in [0.1, 0.15) is 25.3 Å². The molecule has 1 aliphatic heterocycles. The maximum atomic E-state index is 4.83. The summed E-state index contributed by atoms with van der Waals surface area (Å²) in [7, 11) is 4.31. The van der Waals surface area contributed by atoms with E-state index in [-0.39, 0.29) is 0 Å². The van der Waals surface area contributed by atoms with E-state index in [9.17, 15) is 0 Å². The molecule has 0 saturated carbocycles. The number of nitrogens with zero attached hydrogens (tertiary/aromatic N) is 3. The lowest BCUT2D eigenvalue weighted by Gasteiger charge is -2.24. The number of hydrogen-bond donors (Lipinski definition) is 1. The quantitative estimate of drug-likeness (QED) is 0.665. The highest BCUT2D eigenvalue weighted by molar-refractivity contribution is 5.79. The highest BCUT2D eigenvalue weighted by Gasteiger charge is 2.20. The van der Waals surface area contributed by atoms with Gasteiger partial charge < -0.3 is 15.1 Å². The van der Waals surface area contributed by atoms with E-state index < -0.39 is 0 Å². The van der Waals surface area contributed by atoms with Crippen molar-refractivity contribution in [2.45, 2.75) is 32.4 Å². The van der Waals surface area contributed by atoms with Crippen LogP contribution in [-0.2, 0) is 6.54 Å². The third-order valence-corrected chi connectivity index (χ3v) is 4.08. The van der Waals surface area contributed by atoms with Gasteiger partial charge in [-0.2, -0.15) is 0 Å². The van der Waals surface area contributed by atoms with Gasteiger partial charge in [-0.25, -0.2) is 0 Å². The SMILES string of the molecule is CCNC(=NCC1CCCN1C)N(C)Cc1ccccc1. The Morgan fingerprint density at radius 3 is 2.76 bits per heavy atom. The first-order chi connectivity index (χ1) is 10.2. The van der Waals surface area contributed by atoms with E-state index in [0.717, 1.165) is 25.6 Å². The number of likely N-dealkylation sites (N-methyl/N-ethyl adjacent to an activating group) is 1. The summed E-state index contributed by atoms with van der Waals surface area (Å²) in [6.07, 6.45) is 2.56. The normalized spacial score (nSPS) is 19.8. The van der Waals surface area contributed by atoms with Crippen LogP contribution in [0.15, 0.2) is 35.3 Å². The molecule has 1 heterocycles. The number of guanidine groups is 1. The van der Waals surface area contributed by atoms with Crippen LogP contribution in [0.4, 0.5) is 0 Å². The Bertz CT molecular complexity index is 443. The van der Waals surface area contributed by atoms with Gasteiger partial charge in [0.25, 0.3) is 0 Å². The van der Waals surface area contributed by atoms with E-state index in [1.807, 2.05) is 0 Å². The number of likely N-dealkylation sites (tertiary alicyclic amines) is 1. The molecule has 1 saturated heterocycles. The number of aliphatic imine (C=N–C) groups is 1. The van der Waals surface area contributed by atoms with E-state index in [1.165, 1.54) is 24.9 Å². The third kappa shape index (κ3) is 4.74. The van der Waals surface area contributed by atoms with Gasteiger partial charge in [0, 0.05) is 26.2 Å². The molecule has 0 aliphatic carbocycles.